The maximum Gasteiger partial charge on any atom is 0.252 e. The first-order valence-electron chi connectivity index (χ1n) is 5.57. The zero-order valence-electron chi connectivity index (χ0n) is 10.4. The number of aliphatic hydroxyl groups is 1. The van der Waals surface area contributed by atoms with Crippen molar-refractivity contribution in [1.29, 1.82) is 0 Å². The number of hydrogen-bond donors (Lipinski definition) is 1. The Kier molecular flexibility index (Phi) is 5.12. The minimum atomic E-state index is -3.39. The fraction of sp³-hybridized carbons (Fsp3) is 0.636. The lowest BCUT2D eigenvalue weighted by molar-refractivity contribution is 0.285. The van der Waals surface area contributed by atoms with Gasteiger partial charge in [0, 0.05) is 18.5 Å². The first-order chi connectivity index (χ1) is 7.91. The summed E-state index contributed by atoms with van der Waals surface area (Å²) in [7, 11) is -1.80. The summed E-state index contributed by atoms with van der Waals surface area (Å²) in [6.45, 7) is 4.47. The average molecular weight is 277 g/mol. The fourth-order valence-electron chi connectivity index (χ4n) is 1.40. The van der Waals surface area contributed by atoms with Crippen LogP contribution in [-0.4, -0.2) is 31.4 Å². The van der Waals surface area contributed by atoms with Gasteiger partial charge in [-0.25, -0.2) is 8.42 Å². The molecule has 0 bridgehead atoms. The molecule has 1 N–H and O–H groups in total. The zero-order chi connectivity index (χ0) is 13.1. The number of nitrogens with zero attached hydrogens (tertiary/aromatic N) is 1. The highest BCUT2D eigenvalue weighted by Gasteiger charge is 2.23. The summed E-state index contributed by atoms with van der Waals surface area (Å²) in [5.74, 6) is 0.340. The third-order valence-corrected chi connectivity index (χ3v) is 6.08. The van der Waals surface area contributed by atoms with Gasteiger partial charge in [-0.15, -0.1) is 11.3 Å². The van der Waals surface area contributed by atoms with Gasteiger partial charge in [0.05, 0.1) is 6.61 Å². The van der Waals surface area contributed by atoms with Crippen molar-refractivity contribution in [3.05, 3.63) is 17.0 Å². The lowest BCUT2D eigenvalue weighted by Crippen LogP contribution is -2.30. The Labute approximate surface area is 107 Å². The average Bonchev–Trinajstić information content (AvgIpc) is 2.77. The van der Waals surface area contributed by atoms with Crippen LogP contribution < -0.4 is 0 Å². The van der Waals surface area contributed by atoms with Crippen LogP contribution in [0.4, 0.5) is 0 Å². The molecule has 17 heavy (non-hydrogen) atoms. The van der Waals surface area contributed by atoms with Gasteiger partial charge in [-0.3, -0.25) is 0 Å². The van der Waals surface area contributed by atoms with Crippen molar-refractivity contribution in [2.24, 2.45) is 5.92 Å². The van der Waals surface area contributed by atoms with Crippen LogP contribution in [0.25, 0.3) is 0 Å². The van der Waals surface area contributed by atoms with Crippen LogP contribution in [0, 0.1) is 5.92 Å². The molecule has 1 heterocycles. The maximum atomic E-state index is 12.2. The summed E-state index contributed by atoms with van der Waals surface area (Å²) < 4.78 is 26.0. The first-order valence-corrected chi connectivity index (χ1v) is 7.83. The molecular formula is C11H19NO3S2. The van der Waals surface area contributed by atoms with Crippen LogP contribution in [0.3, 0.4) is 0 Å². The Balaban J connectivity index is 2.87. The second kappa shape index (κ2) is 5.95. The van der Waals surface area contributed by atoms with E-state index in [1.165, 1.54) is 4.31 Å². The van der Waals surface area contributed by atoms with Crippen molar-refractivity contribution >= 4 is 21.4 Å². The largest absolute Gasteiger partial charge is 0.391 e. The molecule has 0 spiro atoms. The number of rotatable bonds is 6. The fourth-order valence-corrected chi connectivity index (χ4v) is 4.12. The molecular weight excluding hydrogens is 258 g/mol. The Morgan fingerprint density at radius 1 is 1.47 bits per heavy atom. The van der Waals surface area contributed by atoms with E-state index in [-0.39, 0.29) is 6.61 Å². The number of aliphatic hydroxyl groups excluding tert-OH is 1. The van der Waals surface area contributed by atoms with E-state index >= 15 is 0 Å². The SMILES string of the molecule is CCC(C)CN(C)S(=O)(=O)c1ccc(CO)s1. The van der Waals surface area contributed by atoms with Crippen LogP contribution in [0.2, 0.25) is 0 Å². The lowest BCUT2D eigenvalue weighted by Gasteiger charge is -2.19. The van der Waals surface area contributed by atoms with Crippen molar-refractivity contribution in [3.8, 4) is 0 Å². The zero-order valence-corrected chi connectivity index (χ0v) is 12.0. The summed E-state index contributed by atoms with van der Waals surface area (Å²) >= 11 is 1.12. The van der Waals surface area contributed by atoms with Crippen molar-refractivity contribution in [1.82, 2.24) is 4.31 Å². The highest BCUT2D eigenvalue weighted by Crippen LogP contribution is 2.24. The number of thiophene rings is 1. The minimum absolute atomic E-state index is 0.116. The molecule has 0 aliphatic carbocycles. The van der Waals surface area contributed by atoms with E-state index < -0.39 is 10.0 Å². The first kappa shape index (κ1) is 14.6. The van der Waals surface area contributed by atoms with Gasteiger partial charge in [0.1, 0.15) is 4.21 Å². The second-order valence-electron chi connectivity index (χ2n) is 4.18. The van der Waals surface area contributed by atoms with E-state index in [0.29, 0.717) is 21.5 Å². The predicted octanol–water partition coefficient (Wildman–Crippen LogP) is 1.91. The van der Waals surface area contributed by atoms with Crippen molar-refractivity contribution in [2.45, 2.75) is 31.1 Å². The Hall–Kier alpha value is -0.430. The van der Waals surface area contributed by atoms with E-state index in [2.05, 4.69) is 0 Å². The molecule has 6 heteroatoms. The van der Waals surface area contributed by atoms with Crippen molar-refractivity contribution < 1.29 is 13.5 Å². The monoisotopic (exact) mass is 277 g/mol. The second-order valence-corrected chi connectivity index (χ2v) is 7.62. The minimum Gasteiger partial charge on any atom is -0.391 e. The Morgan fingerprint density at radius 2 is 2.12 bits per heavy atom. The highest BCUT2D eigenvalue weighted by atomic mass is 32.2. The standard InChI is InChI=1S/C11H19NO3S2/c1-4-9(2)7-12(3)17(14,15)11-6-5-10(8-13)16-11/h5-6,9,13H,4,7-8H2,1-3H3. The predicted molar refractivity (Wildman–Crippen MR) is 69.5 cm³/mol. The molecule has 1 unspecified atom stereocenters. The quantitative estimate of drug-likeness (QED) is 0.864. The normalized spacial score (nSPS) is 14.2. The molecule has 1 rings (SSSR count). The summed E-state index contributed by atoms with van der Waals surface area (Å²) in [5.41, 5.74) is 0. The number of sulfonamides is 1. The smallest absolute Gasteiger partial charge is 0.252 e. The molecule has 1 aromatic rings. The van der Waals surface area contributed by atoms with Crippen molar-refractivity contribution in [3.63, 3.8) is 0 Å². The molecule has 98 valence electrons. The van der Waals surface area contributed by atoms with Crippen LogP contribution in [-0.2, 0) is 16.6 Å². The van der Waals surface area contributed by atoms with E-state index in [1.54, 1.807) is 19.2 Å². The molecule has 1 aromatic heterocycles. The topological polar surface area (TPSA) is 57.6 Å². The molecule has 0 aromatic carbocycles. The van der Waals surface area contributed by atoms with E-state index in [0.717, 1.165) is 17.8 Å². The highest BCUT2D eigenvalue weighted by molar-refractivity contribution is 7.91. The van der Waals surface area contributed by atoms with Gasteiger partial charge in [0.25, 0.3) is 10.0 Å². The van der Waals surface area contributed by atoms with Crippen LogP contribution in [0.15, 0.2) is 16.3 Å². The molecule has 0 aliphatic rings. The van der Waals surface area contributed by atoms with E-state index in [1.807, 2.05) is 13.8 Å². The molecule has 0 aliphatic heterocycles. The lowest BCUT2D eigenvalue weighted by atomic mass is 10.1. The number of hydrogen-bond acceptors (Lipinski definition) is 4. The Bertz CT molecular complexity index is 453. The maximum absolute atomic E-state index is 12.2. The molecule has 0 saturated carbocycles. The molecule has 0 saturated heterocycles. The van der Waals surface area contributed by atoms with Gasteiger partial charge in [0.2, 0.25) is 0 Å². The van der Waals surface area contributed by atoms with Gasteiger partial charge < -0.3 is 5.11 Å². The van der Waals surface area contributed by atoms with Crippen LogP contribution in [0.1, 0.15) is 25.1 Å². The summed E-state index contributed by atoms with van der Waals surface area (Å²) in [5, 5.41) is 8.94. The van der Waals surface area contributed by atoms with Gasteiger partial charge in [0.15, 0.2) is 0 Å². The molecule has 1 atom stereocenters. The summed E-state index contributed by atoms with van der Waals surface area (Å²) in [4.78, 5) is 0.667. The van der Waals surface area contributed by atoms with Gasteiger partial charge in [-0.2, -0.15) is 4.31 Å². The van der Waals surface area contributed by atoms with Gasteiger partial charge in [-0.05, 0) is 18.1 Å². The van der Waals surface area contributed by atoms with Crippen LogP contribution >= 0.6 is 11.3 Å². The third kappa shape index (κ3) is 3.51. The van der Waals surface area contributed by atoms with Crippen LogP contribution in [0.5, 0.6) is 0 Å². The van der Waals surface area contributed by atoms with Gasteiger partial charge >= 0.3 is 0 Å². The van der Waals surface area contributed by atoms with Gasteiger partial charge in [-0.1, -0.05) is 20.3 Å². The van der Waals surface area contributed by atoms with E-state index in [4.69, 9.17) is 5.11 Å². The molecule has 0 fully saturated rings. The van der Waals surface area contributed by atoms with Crippen molar-refractivity contribution in [2.75, 3.05) is 13.6 Å². The molecule has 0 amide bonds. The molecule has 0 radical (unpaired) electrons. The van der Waals surface area contributed by atoms with E-state index in [9.17, 15) is 8.42 Å². The third-order valence-electron chi connectivity index (χ3n) is 2.72. The molecule has 4 nitrogen and oxygen atoms in total. The Morgan fingerprint density at radius 3 is 2.59 bits per heavy atom. The summed E-state index contributed by atoms with van der Waals surface area (Å²) in [6.07, 6.45) is 0.951. The summed E-state index contributed by atoms with van der Waals surface area (Å²) in [6, 6.07) is 3.20.